The Morgan fingerprint density at radius 3 is 2.20 bits per heavy atom. The van der Waals surface area contributed by atoms with Crippen LogP contribution in [-0.4, -0.2) is 31.8 Å². The monoisotopic (exact) mass is 408 g/mol. The summed E-state index contributed by atoms with van der Waals surface area (Å²) >= 11 is 0. The second-order valence-corrected chi connectivity index (χ2v) is 9.89. The third-order valence-electron chi connectivity index (χ3n) is 7.81. The van der Waals surface area contributed by atoms with Gasteiger partial charge in [-0.05, 0) is 87.0 Å². The highest BCUT2D eigenvalue weighted by Gasteiger charge is 2.50. The third kappa shape index (κ3) is 3.13. The molecule has 0 unspecified atom stereocenters. The van der Waals surface area contributed by atoms with Crippen molar-refractivity contribution in [3.05, 3.63) is 41.2 Å². The smallest absolute Gasteiger partial charge is 0.417 e. The molecule has 0 spiro atoms. The number of hydrogen-bond acceptors (Lipinski definition) is 3. The third-order valence-corrected chi connectivity index (χ3v) is 7.81. The van der Waals surface area contributed by atoms with Crippen LogP contribution in [-0.2, 0) is 6.42 Å². The van der Waals surface area contributed by atoms with Crippen LogP contribution in [0.15, 0.2) is 24.3 Å². The van der Waals surface area contributed by atoms with Crippen molar-refractivity contribution in [2.24, 2.45) is 23.2 Å². The molecule has 30 heavy (non-hydrogen) atoms. The highest BCUT2D eigenvalue weighted by Crippen LogP contribution is 2.61. The van der Waals surface area contributed by atoms with E-state index in [4.69, 9.17) is 0 Å². The van der Waals surface area contributed by atoms with Crippen molar-refractivity contribution in [3.8, 4) is 11.4 Å². The van der Waals surface area contributed by atoms with Crippen LogP contribution in [0.4, 0.5) is 4.79 Å². The van der Waals surface area contributed by atoms with Gasteiger partial charge in [-0.2, -0.15) is 0 Å². The predicted octanol–water partition coefficient (Wildman–Crippen LogP) is 5.23. The first-order valence-electron chi connectivity index (χ1n) is 11.0. The summed E-state index contributed by atoms with van der Waals surface area (Å²) in [4.78, 5) is 28.5. The van der Waals surface area contributed by atoms with Crippen molar-refractivity contribution in [2.45, 2.75) is 58.3 Å². The van der Waals surface area contributed by atoms with E-state index in [1.54, 1.807) is 6.07 Å². The average Bonchev–Trinajstić information content (AvgIpc) is 3.06. The van der Waals surface area contributed by atoms with Crippen molar-refractivity contribution in [2.75, 3.05) is 0 Å². The summed E-state index contributed by atoms with van der Waals surface area (Å²) in [7, 11) is 0. The van der Waals surface area contributed by atoms with Gasteiger partial charge in [-0.25, -0.2) is 19.1 Å². The zero-order valence-corrected chi connectivity index (χ0v) is 17.3. The van der Waals surface area contributed by atoms with Gasteiger partial charge in [-0.15, -0.1) is 0 Å². The van der Waals surface area contributed by atoms with Gasteiger partial charge in [0, 0.05) is 5.56 Å². The highest BCUT2D eigenvalue weighted by molar-refractivity contribution is 5.90. The van der Waals surface area contributed by atoms with Crippen molar-refractivity contribution in [1.29, 1.82) is 0 Å². The Labute approximate surface area is 175 Å². The van der Waals surface area contributed by atoms with Crippen molar-refractivity contribution < 1.29 is 19.8 Å². The molecule has 0 amide bonds. The molecule has 0 aliphatic heterocycles. The second kappa shape index (κ2) is 6.96. The first kappa shape index (κ1) is 19.3. The summed E-state index contributed by atoms with van der Waals surface area (Å²) in [6.07, 6.45) is 7.82. The average molecular weight is 408 g/mol. The maximum absolute atomic E-state index is 12.2. The molecule has 0 radical (unpaired) electrons. The van der Waals surface area contributed by atoms with E-state index in [-0.39, 0.29) is 16.9 Å². The SMILES string of the molecule is Cc1ccccc1-c1nc(C(=O)O)c(CCC23CC4CC(CC(C4)C2)C3)n1C(=O)O. The number of aromatic nitrogens is 2. The summed E-state index contributed by atoms with van der Waals surface area (Å²) in [5, 5.41) is 19.8. The minimum absolute atomic E-state index is 0.125. The van der Waals surface area contributed by atoms with Crippen LogP contribution in [0.2, 0.25) is 0 Å². The lowest BCUT2D eigenvalue weighted by molar-refractivity contribution is -0.0571. The van der Waals surface area contributed by atoms with Gasteiger partial charge in [-0.1, -0.05) is 24.3 Å². The maximum Gasteiger partial charge on any atom is 0.417 e. The molecule has 2 N–H and O–H groups in total. The van der Waals surface area contributed by atoms with Crippen LogP contribution in [0.25, 0.3) is 11.4 Å². The van der Waals surface area contributed by atoms with E-state index in [0.29, 0.717) is 17.7 Å². The topological polar surface area (TPSA) is 92.4 Å². The molecule has 4 saturated carbocycles. The molecule has 0 atom stereocenters. The number of benzene rings is 1. The maximum atomic E-state index is 12.2. The number of hydrogen-bond donors (Lipinski definition) is 2. The van der Waals surface area contributed by atoms with Gasteiger partial charge in [0.15, 0.2) is 11.5 Å². The first-order valence-corrected chi connectivity index (χ1v) is 11.0. The number of aryl methyl sites for hydroxylation is 1. The molecule has 6 rings (SSSR count). The van der Waals surface area contributed by atoms with E-state index in [9.17, 15) is 19.8 Å². The van der Waals surface area contributed by atoms with E-state index < -0.39 is 12.1 Å². The largest absolute Gasteiger partial charge is 0.476 e. The van der Waals surface area contributed by atoms with E-state index in [2.05, 4.69) is 4.98 Å². The van der Waals surface area contributed by atoms with Crippen LogP contribution >= 0.6 is 0 Å². The molecule has 1 heterocycles. The fourth-order valence-electron chi connectivity index (χ4n) is 7.05. The van der Waals surface area contributed by atoms with Crippen LogP contribution < -0.4 is 0 Å². The lowest BCUT2D eigenvalue weighted by Crippen LogP contribution is -2.46. The minimum Gasteiger partial charge on any atom is -0.476 e. The Kier molecular flexibility index (Phi) is 4.49. The summed E-state index contributed by atoms with van der Waals surface area (Å²) < 4.78 is 1.12. The highest BCUT2D eigenvalue weighted by atomic mass is 16.4. The van der Waals surface area contributed by atoms with Crippen molar-refractivity contribution >= 4 is 12.1 Å². The molecule has 0 saturated heterocycles. The molecule has 4 aliphatic carbocycles. The number of rotatable bonds is 5. The summed E-state index contributed by atoms with van der Waals surface area (Å²) in [5.41, 5.74) is 1.98. The van der Waals surface area contributed by atoms with Gasteiger partial charge < -0.3 is 10.2 Å². The Bertz CT molecular complexity index is 987. The van der Waals surface area contributed by atoms with Crippen LogP contribution in [0, 0.1) is 30.1 Å². The Morgan fingerprint density at radius 1 is 1.07 bits per heavy atom. The van der Waals surface area contributed by atoms with Gasteiger partial charge in [-0.3, -0.25) is 0 Å². The van der Waals surface area contributed by atoms with Crippen LogP contribution in [0.1, 0.15) is 66.7 Å². The fourth-order valence-corrected chi connectivity index (χ4v) is 7.05. The number of aromatic carboxylic acids is 1. The molecule has 4 aliphatic rings. The summed E-state index contributed by atoms with van der Waals surface area (Å²) in [6.45, 7) is 1.88. The molecule has 4 bridgehead atoms. The number of nitrogens with zero attached hydrogens (tertiary/aromatic N) is 2. The summed E-state index contributed by atoms with van der Waals surface area (Å²) in [6, 6.07) is 7.37. The fraction of sp³-hybridized carbons (Fsp3) is 0.542. The zero-order valence-electron chi connectivity index (χ0n) is 17.3. The van der Waals surface area contributed by atoms with Gasteiger partial charge in [0.2, 0.25) is 0 Å². The van der Waals surface area contributed by atoms with Gasteiger partial charge >= 0.3 is 12.1 Å². The number of carboxylic acids is 1. The quantitative estimate of drug-likeness (QED) is 0.706. The molecular weight excluding hydrogens is 380 g/mol. The van der Waals surface area contributed by atoms with E-state index in [1.807, 2.05) is 25.1 Å². The second-order valence-electron chi connectivity index (χ2n) is 9.89. The van der Waals surface area contributed by atoms with Gasteiger partial charge in [0.05, 0.1) is 5.69 Å². The normalized spacial score (nSPS) is 29.3. The number of carbonyl (C=O) groups is 2. The molecule has 4 fully saturated rings. The predicted molar refractivity (Wildman–Crippen MR) is 112 cm³/mol. The van der Waals surface area contributed by atoms with Crippen LogP contribution in [0.3, 0.4) is 0 Å². The Morgan fingerprint density at radius 2 is 1.67 bits per heavy atom. The number of imidazole rings is 1. The molecule has 6 heteroatoms. The lowest BCUT2D eigenvalue weighted by atomic mass is 9.48. The Balaban J connectivity index is 1.52. The van der Waals surface area contributed by atoms with E-state index >= 15 is 0 Å². The van der Waals surface area contributed by atoms with Crippen molar-refractivity contribution in [3.63, 3.8) is 0 Å². The first-order chi connectivity index (χ1) is 14.3. The molecule has 2 aromatic rings. The van der Waals surface area contributed by atoms with E-state index in [0.717, 1.165) is 34.3 Å². The van der Waals surface area contributed by atoms with Gasteiger partial charge in [0.1, 0.15) is 0 Å². The zero-order chi connectivity index (χ0) is 21.0. The summed E-state index contributed by atoms with van der Waals surface area (Å²) in [5.74, 6) is 1.47. The Hall–Kier alpha value is -2.63. The van der Waals surface area contributed by atoms with Crippen molar-refractivity contribution in [1.82, 2.24) is 9.55 Å². The molecule has 1 aromatic heterocycles. The molecule has 1 aromatic carbocycles. The van der Waals surface area contributed by atoms with E-state index in [1.165, 1.54) is 38.5 Å². The molecule has 158 valence electrons. The molecular formula is C24H28N2O4. The minimum atomic E-state index is -1.17. The van der Waals surface area contributed by atoms with Gasteiger partial charge in [0.25, 0.3) is 0 Å². The molecule has 6 nitrogen and oxygen atoms in total. The lowest BCUT2D eigenvalue weighted by Gasteiger charge is -2.57. The number of carboxylic acid groups (broad SMARTS) is 2. The standard InChI is InChI=1S/C24H28N2O4/c1-14-4-2-3-5-18(14)21-25-20(22(27)28)19(26(21)23(29)30)6-7-24-11-15-8-16(12-24)10-17(9-15)13-24/h2-5,15-17H,6-13H2,1H3,(H,27,28)(H,29,30). The van der Waals surface area contributed by atoms with Crippen LogP contribution in [0.5, 0.6) is 0 Å².